The Morgan fingerprint density at radius 1 is 1.11 bits per heavy atom. The molecule has 150 valence electrons. The van der Waals surface area contributed by atoms with Gasteiger partial charge in [0.15, 0.2) is 5.82 Å². The predicted octanol–water partition coefficient (Wildman–Crippen LogP) is 2.70. The zero-order valence-electron chi connectivity index (χ0n) is 15.5. The molecule has 1 aromatic carbocycles. The van der Waals surface area contributed by atoms with Crippen LogP contribution in [-0.2, 0) is 34.2 Å². The number of benzene rings is 1. The van der Waals surface area contributed by atoms with E-state index >= 15 is 0 Å². The molecule has 2 aliphatic rings. The molecule has 0 unspecified atom stereocenters. The van der Waals surface area contributed by atoms with Crippen LogP contribution < -0.4 is 0 Å². The molecule has 1 saturated heterocycles. The maximum atomic E-state index is 13.6. The van der Waals surface area contributed by atoms with Crippen LogP contribution in [0.4, 0.5) is 13.2 Å². The number of carbonyl (C=O) groups excluding carboxylic acids is 1. The summed E-state index contributed by atoms with van der Waals surface area (Å²) in [6.07, 6.45) is -3.46. The van der Waals surface area contributed by atoms with Crippen molar-refractivity contribution in [1.82, 2.24) is 19.7 Å². The summed E-state index contributed by atoms with van der Waals surface area (Å²) < 4.78 is 45.7. The van der Waals surface area contributed by atoms with E-state index in [4.69, 9.17) is 4.74 Å². The fraction of sp³-hybridized carbons (Fsp3) is 0.526. The van der Waals surface area contributed by atoms with Gasteiger partial charge in [0.1, 0.15) is 0 Å². The molecule has 0 spiro atoms. The molecule has 4 rings (SSSR count). The summed E-state index contributed by atoms with van der Waals surface area (Å²) in [6.45, 7) is 3.18. The van der Waals surface area contributed by atoms with Gasteiger partial charge in [-0.3, -0.25) is 4.79 Å². The van der Waals surface area contributed by atoms with Crippen molar-refractivity contribution in [3.63, 3.8) is 0 Å². The monoisotopic (exact) mass is 394 g/mol. The van der Waals surface area contributed by atoms with Gasteiger partial charge < -0.3 is 14.2 Å². The van der Waals surface area contributed by atoms with Crippen molar-refractivity contribution in [1.29, 1.82) is 0 Å². The first-order valence-electron chi connectivity index (χ1n) is 9.25. The lowest BCUT2D eigenvalue weighted by molar-refractivity contribution is -0.149. The van der Waals surface area contributed by atoms with Gasteiger partial charge in [0.2, 0.25) is 11.7 Å². The van der Waals surface area contributed by atoms with E-state index in [0.29, 0.717) is 26.1 Å². The van der Waals surface area contributed by atoms with Crippen LogP contribution in [-0.4, -0.2) is 45.3 Å². The van der Waals surface area contributed by atoms with E-state index < -0.39 is 17.4 Å². The van der Waals surface area contributed by atoms with Crippen LogP contribution in [0.5, 0.6) is 0 Å². The van der Waals surface area contributed by atoms with Crippen molar-refractivity contribution in [3.8, 4) is 0 Å². The number of amides is 1. The average Bonchev–Trinajstić information content (AvgIpc) is 3.12. The summed E-state index contributed by atoms with van der Waals surface area (Å²) in [5.74, 6) is -0.922. The number of rotatable bonds is 2. The van der Waals surface area contributed by atoms with Gasteiger partial charge in [0.25, 0.3) is 0 Å². The van der Waals surface area contributed by atoms with E-state index in [1.54, 1.807) is 4.90 Å². The molecule has 0 bridgehead atoms. The Labute approximate surface area is 160 Å². The Balaban J connectivity index is 1.63. The van der Waals surface area contributed by atoms with E-state index in [9.17, 15) is 18.0 Å². The Bertz CT molecular complexity index is 870. The van der Waals surface area contributed by atoms with Crippen molar-refractivity contribution in [2.24, 2.45) is 0 Å². The first-order chi connectivity index (χ1) is 13.3. The number of hydrogen-bond donors (Lipinski definition) is 0. The fourth-order valence-electron chi connectivity index (χ4n) is 4.06. The Morgan fingerprint density at radius 2 is 1.79 bits per heavy atom. The molecule has 0 radical (unpaired) electrons. The number of aromatic nitrogens is 3. The van der Waals surface area contributed by atoms with Crippen molar-refractivity contribution in [3.05, 3.63) is 47.0 Å². The first kappa shape index (κ1) is 18.9. The highest BCUT2D eigenvalue weighted by atomic mass is 19.4. The van der Waals surface area contributed by atoms with Gasteiger partial charge in [-0.2, -0.15) is 13.2 Å². The quantitative estimate of drug-likeness (QED) is 0.786. The second kappa shape index (κ2) is 6.88. The minimum Gasteiger partial charge on any atom is -0.381 e. The van der Waals surface area contributed by atoms with Crippen LogP contribution in [0.25, 0.3) is 0 Å². The Morgan fingerprint density at radius 3 is 2.43 bits per heavy atom. The molecule has 2 aliphatic heterocycles. The standard InChI is InChI=1S/C19H21F3N4O2/c1-13-2-4-14(5-3-13)18(6-10-28-11-7-18)17(27)25-8-9-26-15(12-25)23-24-16(26)19(20,21)22/h2-5H,6-12H2,1H3. The van der Waals surface area contributed by atoms with Crippen LogP contribution in [0.15, 0.2) is 24.3 Å². The number of alkyl halides is 3. The summed E-state index contributed by atoms with van der Waals surface area (Å²) in [6, 6.07) is 7.88. The highest BCUT2D eigenvalue weighted by Gasteiger charge is 2.46. The normalized spacial score (nSPS) is 19.4. The van der Waals surface area contributed by atoms with Crippen LogP contribution in [0.3, 0.4) is 0 Å². The van der Waals surface area contributed by atoms with Crippen LogP contribution in [0.1, 0.15) is 35.6 Å². The lowest BCUT2D eigenvalue weighted by atomic mass is 9.72. The second-order valence-corrected chi connectivity index (χ2v) is 7.38. The molecule has 2 aromatic rings. The Hall–Kier alpha value is -2.42. The lowest BCUT2D eigenvalue weighted by Gasteiger charge is -2.41. The number of aryl methyl sites for hydroxylation is 1. The number of hydrogen-bond acceptors (Lipinski definition) is 4. The van der Waals surface area contributed by atoms with E-state index in [2.05, 4.69) is 10.2 Å². The SMILES string of the molecule is Cc1ccc(C2(C(=O)N3CCn4c(nnc4C(F)(F)F)C3)CCOCC2)cc1. The highest BCUT2D eigenvalue weighted by Crippen LogP contribution is 2.38. The molecular weight excluding hydrogens is 373 g/mol. The molecule has 0 N–H and O–H groups in total. The van der Waals surface area contributed by atoms with E-state index in [0.717, 1.165) is 15.7 Å². The van der Waals surface area contributed by atoms with E-state index in [-0.39, 0.29) is 31.4 Å². The Kier molecular flexibility index (Phi) is 4.65. The van der Waals surface area contributed by atoms with Crippen molar-refractivity contribution in [2.75, 3.05) is 19.8 Å². The number of carbonyl (C=O) groups is 1. The summed E-state index contributed by atoms with van der Waals surface area (Å²) >= 11 is 0. The smallest absolute Gasteiger partial charge is 0.381 e. The summed E-state index contributed by atoms with van der Waals surface area (Å²) in [5, 5.41) is 6.97. The lowest BCUT2D eigenvalue weighted by Crippen LogP contribution is -2.52. The zero-order chi connectivity index (χ0) is 19.9. The van der Waals surface area contributed by atoms with Gasteiger partial charge in [0.05, 0.1) is 12.0 Å². The molecule has 0 atom stereocenters. The highest BCUT2D eigenvalue weighted by molar-refractivity contribution is 5.88. The van der Waals surface area contributed by atoms with Gasteiger partial charge in [-0.15, -0.1) is 10.2 Å². The third-order valence-electron chi connectivity index (χ3n) is 5.65. The maximum absolute atomic E-state index is 13.6. The molecule has 0 saturated carbocycles. The van der Waals surface area contributed by atoms with E-state index in [1.165, 1.54) is 0 Å². The molecule has 6 nitrogen and oxygen atoms in total. The summed E-state index contributed by atoms with van der Waals surface area (Å²) in [4.78, 5) is 15.2. The molecule has 1 fully saturated rings. The molecule has 0 aliphatic carbocycles. The third-order valence-corrected chi connectivity index (χ3v) is 5.65. The average molecular weight is 394 g/mol. The van der Waals surface area contributed by atoms with Gasteiger partial charge >= 0.3 is 6.18 Å². The van der Waals surface area contributed by atoms with Crippen LogP contribution in [0.2, 0.25) is 0 Å². The summed E-state index contributed by atoms with van der Waals surface area (Å²) in [5.41, 5.74) is 1.31. The van der Waals surface area contributed by atoms with Crippen molar-refractivity contribution in [2.45, 2.75) is 44.4 Å². The van der Waals surface area contributed by atoms with Crippen molar-refractivity contribution >= 4 is 5.91 Å². The molecule has 9 heteroatoms. The number of nitrogens with zero attached hydrogens (tertiary/aromatic N) is 4. The number of halogens is 3. The fourth-order valence-corrected chi connectivity index (χ4v) is 4.06. The van der Waals surface area contributed by atoms with E-state index in [1.807, 2.05) is 31.2 Å². The van der Waals surface area contributed by atoms with Gasteiger partial charge in [0, 0.05) is 26.3 Å². The minimum atomic E-state index is -4.55. The molecule has 28 heavy (non-hydrogen) atoms. The number of ether oxygens (including phenoxy) is 1. The molecule has 1 amide bonds. The first-order valence-corrected chi connectivity index (χ1v) is 9.25. The predicted molar refractivity (Wildman–Crippen MR) is 93.4 cm³/mol. The minimum absolute atomic E-state index is 0.0242. The summed E-state index contributed by atoms with van der Waals surface area (Å²) in [7, 11) is 0. The van der Waals surface area contributed by atoms with Crippen molar-refractivity contribution < 1.29 is 22.7 Å². The molecular formula is C19H21F3N4O2. The maximum Gasteiger partial charge on any atom is 0.451 e. The van der Waals surface area contributed by atoms with Crippen LogP contribution >= 0.6 is 0 Å². The molecule has 3 heterocycles. The largest absolute Gasteiger partial charge is 0.451 e. The second-order valence-electron chi connectivity index (χ2n) is 7.38. The van der Waals surface area contributed by atoms with Gasteiger partial charge in [-0.25, -0.2) is 0 Å². The zero-order valence-corrected chi connectivity index (χ0v) is 15.5. The third kappa shape index (κ3) is 3.17. The van der Waals surface area contributed by atoms with Gasteiger partial charge in [-0.05, 0) is 25.3 Å². The van der Waals surface area contributed by atoms with Crippen LogP contribution in [0, 0.1) is 6.92 Å². The number of fused-ring (bicyclic) bond motifs is 1. The van der Waals surface area contributed by atoms with Gasteiger partial charge in [-0.1, -0.05) is 29.8 Å². The molecule has 1 aromatic heterocycles. The topological polar surface area (TPSA) is 60.2 Å².